The second-order valence-corrected chi connectivity index (χ2v) is 16.0. The van der Waals surface area contributed by atoms with Crippen molar-refractivity contribution >= 4 is 51.8 Å². The summed E-state index contributed by atoms with van der Waals surface area (Å²) in [6.07, 6.45) is 3.74. The highest BCUT2D eigenvalue weighted by Gasteiger charge is 2.47. The first-order valence-electron chi connectivity index (χ1n) is 20.3. The van der Waals surface area contributed by atoms with Crippen LogP contribution in [0.3, 0.4) is 0 Å². The van der Waals surface area contributed by atoms with E-state index in [1.165, 1.54) is 13.2 Å². The molecule has 2 aromatic carbocycles. The van der Waals surface area contributed by atoms with Crippen LogP contribution in [0.25, 0.3) is 10.9 Å². The minimum absolute atomic E-state index is 0.0800. The number of halogens is 3. The zero-order valence-electron chi connectivity index (χ0n) is 33.1. The summed E-state index contributed by atoms with van der Waals surface area (Å²) in [5.41, 5.74) is 1.02. The van der Waals surface area contributed by atoms with E-state index in [9.17, 15) is 37.1 Å². The third-order valence-corrected chi connectivity index (χ3v) is 12.3. The molecule has 1 aliphatic carbocycles. The van der Waals surface area contributed by atoms with Crippen molar-refractivity contribution < 1.29 is 41.9 Å². The van der Waals surface area contributed by atoms with Gasteiger partial charge in [0.2, 0.25) is 11.8 Å². The van der Waals surface area contributed by atoms with Gasteiger partial charge in [-0.15, -0.1) is 0 Å². The first-order valence-corrected chi connectivity index (χ1v) is 20.3. The molecule has 4 N–H and O–H groups in total. The van der Waals surface area contributed by atoms with E-state index in [0.717, 1.165) is 92.8 Å². The molecular weight excluding hydrogens is 784 g/mol. The number of anilines is 2. The van der Waals surface area contributed by atoms with Crippen molar-refractivity contribution in [2.24, 2.45) is 5.41 Å². The SMILES string of the molecule is COc1cc2nn(CCNCCNC3CCC4(CC3)CCN(c3cccc5c3C(=O)N(C3CCC(=O)NC3=O)C5=O)CC4)cc2cc1NC(=O)c1cccc(C(F)(F)F)n1. The van der Waals surface area contributed by atoms with Gasteiger partial charge in [-0.25, -0.2) is 4.98 Å². The summed E-state index contributed by atoms with van der Waals surface area (Å²) in [4.78, 5) is 70.7. The van der Waals surface area contributed by atoms with Gasteiger partial charge in [-0.1, -0.05) is 12.1 Å². The van der Waals surface area contributed by atoms with E-state index < -0.39 is 47.4 Å². The fourth-order valence-electron chi connectivity index (χ4n) is 8.99. The number of ether oxygens (including phenoxy) is 1. The number of alkyl halides is 3. The second kappa shape index (κ2) is 16.6. The largest absolute Gasteiger partial charge is 0.494 e. The number of aromatic nitrogens is 3. The number of piperidine rings is 2. The van der Waals surface area contributed by atoms with Crippen molar-refractivity contribution in [3.8, 4) is 5.75 Å². The molecule has 3 aliphatic heterocycles. The van der Waals surface area contributed by atoms with Gasteiger partial charge >= 0.3 is 6.18 Å². The van der Waals surface area contributed by atoms with Crippen molar-refractivity contribution in [2.45, 2.75) is 76.2 Å². The summed E-state index contributed by atoms with van der Waals surface area (Å²) >= 11 is 0. The Morgan fingerprint density at radius 2 is 1.72 bits per heavy atom. The third-order valence-electron chi connectivity index (χ3n) is 12.3. The van der Waals surface area contributed by atoms with Crippen LogP contribution < -0.4 is 30.9 Å². The summed E-state index contributed by atoms with van der Waals surface area (Å²) in [6, 6.07) is 11.2. The summed E-state index contributed by atoms with van der Waals surface area (Å²) < 4.78 is 46.6. The molecule has 1 unspecified atom stereocenters. The molecule has 1 spiro atoms. The van der Waals surface area contributed by atoms with Gasteiger partial charge in [0.05, 0.1) is 41.7 Å². The van der Waals surface area contributed by atoms with Gasteiger partial charge in [-0.3, -0.25) is 38.9 Å². The van der Waals surface area contributed by atoms with Crippen LogP contribution in [0.2, 0.25) is 0 Å². The number of rotatable bonds is 12. The average molecular weight is 830 g/mol. The molecule has 1 saturated carbocycles. The molecule has 2 saturated heterocycles. The summed E-state index contributed by atoms with van der Waals surface area (Å²) in [5, 5.41) is 17.4. The Balaban J connectivity index is 0.767. The number of methoxy groups -OCH3 is 1. The van der Waals surface area contributed by atoms with Crippen LogP contribution in [0.1, 0.15) is 88.3 Å². The van der Waals surface area contributed by atoms with Crippen LogP contribution in [0.4, 0.5) is 24.5 Å². The van der Waals surface area contributed by atoms with E-state index in [4.69, 9.17) is 4.74 Å². The molecule has 0 bridgehead atoms. The maximum atomic E-state index is 13.7. The fraction of sp³-hybridized carbons (Fsp3) is 0.452. The summed E-state index contributed by atoms with van der Waals surface area (Å²) in [7, 11) is 1.43. The maximum Gasteiger partial charge on any atom is 0.433 e. The van der Waals surface area contributed by atoms with E-state index in [1.807, 2.05) is 12.3 Å². The second-order valence-electron chi connectivity index (χ2n) is 16.0. The molecule has 2 aromatic heterocycles. The molecule has 5 heterocycles. The topological polar surface area (TPSA) is 180 Å². The molecule has 1 atom stereocenters. The van der Waals surface area contributed by atoms with Crippen LogP contribution in [0.15, 0.2) is 54.7 Å². The lowest BCUT2D eigenvalue weighted by atomic mass is 9.67. The van der Waals surface area contributed by atoms with Gasteiger partial charge in [0.1, 0.15) is 23.2 Å². The van der Waals surface area contributed by atoms with Crippen molar-refractivity contribution in [2.75, 3.05) is 50.1 Å². The molecule has 3 fully saturated rings. The van der Waals surface area contributed by atoms with Crippen molar-refractivity contribution in [1.82, 2.24) is 35.6 Å². The van der Waals surface area contributed by atoms with E-state index in [1.54, 1.807) is 28.9 Å². The van der Waals surface area contributed by atoms with Gasteiger partial charge in [0.15, 0.2) is 0 Å². The Morgan fingerprint density at radius 3 is 2.45 bits per heavy atom. The predicted octanol–water partition coefficient (Wildman–Crippen LogP) is 4.52. The monoisotopic (exact) mass is 829 g/mol. The van der Waals surface area contributed by atoms with Gasteiger partial charge in [-0.05, 0) is 80.7 Å². The Bertz CT molecular complexity index is 2330. The number of pyridine rings is 1. The van der Waals surface area contributed by atoms with Crippen LogP contribution in [0.5, 0.6) is 5.75 Å². The average Bonchev–Trinajstić information content (AvgIpc) is 3.75. The highest BCUT2D eigenvalue weighted by Crippen LogP contribution is 2.46. The van der Waals surface area contributed by atoms with Crippen LogP contribution in [-0.4, -0.2) is 101 Å². The minimum atomic E-state index is -4.67. The molecule has 60 heavy (non-hydrogen) atoms. The number of amides is 5. The van der Waals surface area contributed by atoms with E-state index in [-0.39, 0.29) is 29.6 Å². The molecular formula is C42H46F3N9O6. The molecule has 18 heteroatoms. The standard InChI is InChI=1S/C42H46F3N9O6/c1-60-33-23-29-25(22-30(33)49-37(56)28-5-3-7-34(48-28)42(43,44)45)24-53(51-29)21-18-46-16-17-47-26-10-12-41(13-11-26)14-19-52(20-15-41)31-6-2-4-27-36(31)40(59)54(39(27)58)32-8-9-35(55)50-38(32)57/h2-7,22-24,26,32,46-47H,8-21H2,1H3,(H,49,56)(H,50,55,57). The first-order chi connectivity index (χ1) is 28.8. The lowest BCUT2D eigenvalue weighted by Crippen LogP contribution is -2.54. The fourth-order valence-corrected chi connectivity index (χ4v) is 8.99. The Labute approximate surface area is 343 Å². The van der Waals surface area contributed by atoms with Gasteiger partial charge in [0, 0.05) is 62.8 Å². The Kier molecular flexibility index (Phi) is 11.3. The number of fused-ring (bicyclic) bond motifs is 2. The zero-order chi connectivity index (χ0) is 42.2. The van der Waals surface area contributed by atoms with Crippen LogP contribution in [-0.2, 0) is 22.3 Å². The number of hydrogen-bond donors (Lipinski definition) is 4. The minimum Gasteiger partial charge on any atom is -0.494 e. The van der Waals surface area contributed by atoms with Crippen LogP contribution >= 0.6 is 0 Å². The third kappa shape index (κ3) is 8.30. The van der Waals surface area contributed by atoms with Gasteiger partial charge < -0.3 is 25.6 Å². The molecule has 5 amide bonds. The number of nitrogens with one attached hydrogen (secondary N) is 4. The molecule has 0 radical (unpaired) electrons. The van der Waals surface area contributed by atoms with Gasteiger partial charge in [-0.2, -0.15) is 18.3 Å². The lowest BCUT2D eigenvalue weighted by molar-refractivity contribution is -0.141. The normalized spacial score (nSPS) is 19.6. The van der Waals surface area contributed by atoms with Crippen molar-refractivity contribution in [3.05, 3.63) is 77.2 Å². The Hall–Kier alpha value is -5.88. The van der Waals surface area contributed by atoms with Crippen molar-refractivity contribution in [3.63, 3.8) is 0 Å². The Morgan fingerprint density at radius 1 is 0.950 bits per heavy atom. The number of imide groups is 2. The predicted molar refractivity (Wildman–Crippen MR) is 214 cm³/mol. The molecule has 4 aliphatic rings. The van der Waals surface area contributed by atoms with E-state index in [0.29, 0.717) is 41.5 Å². The zero-order valence-corrected chi connectivity index (χ0v) is 33.1. The molecule has 316 valence electrons. The highest BCUT2D eigenvalue weighted by atomic mass is 19.4. The quantitative estimate of drug-likeness (QED) is 0.117. The van der Waals surface area contributed by atoms with Crippen LogP contribution in [0, 0.1) is 5.41 Å². The summed E-state index contributed by atoms with van der Waals surface area (Å²) in [5.74, 6) is -2.47. The van der Waals surface area contributed by atoms with E-state index in [2.05, 4.69) is 36.2 Å². The number of benzene rings is 2. The lowest BCUT2D eigenvalue weighted by Gasteiger charge is -2.47. The number of hydrogen-bond acceptors (Lipinski definition) is 11. The van der Waals surface area contributed by atoms with Gasteiger partial charge in [0.25, 0.3) is 17.7 Å². The molecule has 4 aromatic rings. The first kappa shape index (κ1) is 40.9. The smallest absolute Gasteiger partial charge is 0.433 e. The van der Waals surface area contributed by atoms with Crippen molar-refractivity contribution in [1.29, 1.82) is 0 Å². The highest BCUT2D eigenvalue weighted by molar-refractivity contribution is 6.25. The summed E-state index contributed by atoms with van der Waals surface area (Å²) in [6.45, 7) is 4.39. The number of carbonyl (C=O) groups excluding carboxylic acids is 5. The number of nitrogens with zero attached hydrogens (tertiary/aromatic N) is 5. The number of carbonyl (C=O) groups is 5. The molecule has 15 nitrogen and oxygen atoms in total. The molecule has 8 rings (SSSR count). The maximum absolute atomic E-state index is 13.7. The van der Waals surface area contributed by atoms with E-state index >= 15 is 0 Å².